The summed E-state index contributed by atoms with van der Waals surface area (Å²) in [5.41, 5.74) is -1.14. The Morgan fingerprint density at radius 1 is 0.941 bits per heavy atom. The third-order valence-corrected chi connectivity index (χ3v) is 6.51. The Balaban J connectivity index is 1.53. The highest BCUT2D eigenvalue weighted by molar-refractivity contribution is 6.35. The van der Waals surface area contributed by atoms with Crippen LogP contribution in [0.2, 0.25) is 15.1 Å². The molecular formula is C24H16Cl3F3N2O2. The summed E-state index contributed by atoms with van der Waals surface area (Å²) in [6.45, 7) is -0.404. The average molecular weight is 528 g/mol. The van der Waals surface area contributed by atoms with Gasteiger partial charge < -0.3 is 15.4 Å². The predicted molar refractivity (Wildman–Crippen MR) is 127 cm³/mol. The number of anilines is 2. The van der Waals surface area contributed by atoms with E-state index in [1.165, 1.54) is 60.7 Å². The average Bonchev–Trinajstić information content (AvgIpc) is 3.28. The maximum Gasteiger partial charge on any atom is 0.270 e. The number of carbonyl (C=O) groups is 2. The molecule has 34 heavy (non-hydrogen) atoms. The molecule has 1 aliphatic carbocycles. The van der Waals surface area contributed by atoms with Gasteiger partial charge in [-0.1, -0.05) is 34.8 Å². The summed E-state index contributed by atoms with van der Waals surface area (Å²) in [6, 6.07) is 13.6. The van der Waals surface area contributed by atoms with E-state index in [9.17, 15) is 22.8 Å². The summed E-state index contributed by atoms with van der Waals surface area (Å²) in [7, 11) is 0. The van der Waals surface area contributed by atoms with Crippen molar-refractivity contribution in [2.45, 2.75) is 11.8 Å². The van der Waals surface area contributed by atoms with Crippen LogP contribution in [0.4, 0.5) is 24.5 Å². The van der Waals surface area contributed by atoms with Crippen molar-refractivity contribution >= 4 is 58.4 Å². The Labute approximate surface area is 208 Å². The van der Waals surface area contributed by atoms with E-state index in [1.54, 1.807) is 0 Å². The van der Waals surface area contributed by atoms with Crippen molar-refractivity contribution in [2.24, 2.45) is 5.41 Å². The lowest BCUT2D eigenvalue weighted by Gasteiger charge is -2.14. The summed E-state index contributed by atoms with van der Waals surface area (Å²) in [6.07, 6.45) is 0.234. The van der Waals surface area contributed by atoms with E-state index >= 15 is 0 Å². The van der Waals surface area contributed by atoms with Gasteiger partial charge in [0.25, 0.3) is 11.8 Å². The first-order chi connectivity index (χ1) is 16.1. The second kappa shape index (κ2) is 9.13. The molecule has 10 heteroatoms. The fraction of sp³-hybridized carbons (Fsp3) is 0.167. The fourth-order valence-electron chi connectivity index (χ4n) is 3.92. The Morgan fingerprint density at radius 2 is 1.56 bits per heavy atom. The van der Waals surface area contributed by atoms with E-state index in [2.05, 4.69) is 10.6 Å². The molecule has 2 atom stereocenters. The fourth-order valence-corrected chi connectivity index (χ4v) is 4.67. The number of amides is 1. The molecule has 4 rings (SSSR count). The van der Waals surface area contributed by atoms with Crippen LogP contribution in [-0.2, 0) is 4.79 Å². The highest BCUT2D eigenvalue weighted by atomic mass is 35.5. The second-order valence-corrected chi connectivity index (χ2v) is 9.21. The number of benzene rings is 3. The standard InChI is InChI=1S/C24H16Cl3F3N2O2/c25-14-7-13(8-15(26)9-14)21-23(12-33,24(21,29)30)11-31-18-5-6-20(27)19(10-18)22(34)32-17-3-1-16(28)2-4-17/h1-10,12,21,31H,11H2,(H,32,34). The zero-order chi connectivity index (χ0) is 24.7. The molecule has 1 amide bonds. The van der Waals surface area contributed by atoms with Crippen LogP contribution in [0.25, 0.3) is 0 Å². The minimum Gasteiger partial charge on any atom is -0.384 e. The van der Waals surface area contributed by atoms with Crippen LogP contribution >= 0.6 is 34.8 Å². The quantitative estimate of drug-likeness (QED) is 0.323. The molecule has 0 heterocycles. The number of nitrogens with one attached hydrogen (secondary N) is 2. The first kappa shape index (κ1) is 24.4. The van der Waals surface area contributed by atoms with Crippen LogP contribution in [-0.4, -0.2) is 24.7 Å². The van der Waals surface area contributed by atoms with E-state index in [1.807, 2.05) is 0 Å². The largest absolute Gasteiger partial charge is 0.384 e. The Kier molecular flexibility index (Phi) is 6.55. The number of halogens is 6. The molecule has 1 saturated carbocycles. The van der Waals surface area contributed by atoms with Gasteiger partial charge in [-0.05, 0) is 66.2 Å². The molecule has 0 bridgehead atoms. The van der Waals surface area contributed by atoms with Gasteiger partial charge in [-0.3, -0.25) is 4.79 Å². The van der Waals surface area contributed by atoms with E-state index in [4.69, 9.17) is 34.8 Å². The van der Waals surface area contributed by atoms with E-state index in [0.717, 1.165) is 0 Å². The van der Waals surface area contributed by atoms with E-state index < -0.39 is 35.5 Å². The maximum absolute atomic E-state index is 14.8. The lowest BCUT2D eigenvalue weighted by Crippen LogP contribution is -2.24. The van der Waals surface area contributed by atoms with Crippen molar-refractivity contribution in [3.05, 3.63) is 92.7 Å². The van der Waals surface area contributed by atoms with E-state index in [0.29, 0.717) is 11.4 Å². The van der Waals surface area contributed by atoms with Crippen molar-refractivity contribution in [1.82, 2.24) is 0 Å². The molecule has 3 aromatic rings. The molecule has 0 saturated heterocycles. The minimum atomic E-state index is -3.33. The number of carbonyl (C=O) groups excluding carboxylic acids is 2. The summed E-state index contributed by atoms with van der Waals surface area (Å²) in [5, 5.41) is 5.89. The highest BCUT2D eigenvalue weighted by Crippen LogP contribution is 2.70. The zero-order valence-corrected chi connectivity index (χ0v) is 19.5. The summed E-state index contributed by atoms with van der Waals surface area (Å²) >= 11 is 18.0. The van der Waals surface area contributed by atoms with Crippen LogP contribution < -0.4 is 10.6 Å². The number of aldehydes is 1. The molecule has 1 aliphatic rings. The zero-order valence-electron chi connectivity index (χ0n) is 17.2. The predicted octanol–water partition coefficient (Wildman–Crippen LogP) is 7.07. The van der Waals surface area contributed by atoms with Crippen molar-refractivity contribution in [3.8, 4) is 0 Å². The molecule has 2 N–H and O–H groups in total. The van der Waals surface area contributed by atoms with Gasteiger partial charge in [0.2, 0.25) is 0 Å². The third-order valence-electron chi connectivity index (χ3n) is 5.74. The summed E-state index contributed by atoms with van der Waals surface area (Å²) in [5.74, 6) is -5.77. The highest BCUT2D eigenvalue weighted by Gasteiger charge is 2.81. The third kappa shape index (κ3) is 4.48. The van der Waals surface area contributed by atoms with Crippen LogP contribution in [0.5, 0.6) is 0 Å². The Hall–Kier alpha value is -2.74. The summed E-state index contributed by atoms with van der Waals surface area (Å²) in [4.78, 5) is 24.5. The SMILES string of the molecule is O=CC1(CNc2ccc(Cl)c(C(=O)Nc3ccc(F)cc3)c2)C(c2cc(Cl)cc(Cl)c2)C1(F)F. The number of rotatable bonds is 7. The molecule has 0 aliphatic heterocycles. The van der Waals surface area contributed by atoms with Gasteiger partial charge in [0.1, 0.15) is 17.5 Å². The first-order valence-electron chi connectivity index (χ1n) is 9.98. The second-order valence-electron chi connectivity index (χ2n) is 7.93. The van der Waals surface area contributed by atoms with E-state index in [-0.39, 0.29) is 32.5 Å². The first-order valence-corrected chi connectivity index (χ1v) is 11.1. The molecule has 1 fully saturated rings. The molecule has 0 radical (unpaired) electrons. The Morgan fingerprint density at radius 3 is 2.18 bits per heavy atom. The topological polar surface area (TPSA) is 58.2 Å². The monoisotopic (exact) mass is 526 g/mol. The normalized spacial score (nSPS) is 20.5. The maximum atomic E-state index is 14.8. The Bertz CT molecular complexity index is 1250. The van der Waals surface area contributed by atoms with Crippen LogP contribution in [0.3, 0.4) is 0 Å². The molecule has 0 spiro atoms. The van der Waals surface area contributed by atoms with Crippen molar-refractivity contribution in [1.29, 1.82) is 0 Å². The van der Waals surface area contributed by atoms with Crippen molar-refractivity contribution in [2.75, 3.05) is 17.2 Å². The smallest absolute Gasteiger partial charge is 0.270 e. The lowest BCUT2D eigenvalue weighted by molar-refractivity contribution is -0.115. The van der Waals surface area contributed by atoms with Gasteiger partial charge in [0.05, 0.1) is 16.5 Å². The molecule has 3 aromatic carbocycles. The van der Waals surface area contributed by atoms with Gasteiger partial charge in [-0.15, -0.1) is 0 Å². The van der Waals surface area contributed by atoms with Crippen molar-refractivity contribution in [3.63, 3.8) is 0 Å². The van der Waals surface area contributed by atoms with Crippen LogP contribution in [0.1, 0.15) is 21.8 Å². The summed E-state index contributed by atoms with van der Waals surface area (Å²) < 4.78 is 42.8. The minimum absolute atomic E-state index is 0.0666. The lowest BCUT2D eigenvalue weighted by atomic mass is 10.00. The van der Waals surface area contributed by atoms with Crippen LogP contribution in [0.15, 0.2) is 60.7 Å². The van der Waals surface area contributed by atoms with Gasteiger partial charge in [0.15, 0.2) is 0 Å². The molecule has 4 nitrogen and oxygen atoms in total. The van der Waals surface area contributed by atoms with Crippen molar-refractivity contribution < 1.29 is 22.8 Å². The number of hydrogen-bond donors (Lipinski definition) is 2. The molecule has 2 unspecified atom stereocenters. The molecule has 176 valence electrons. The molecule has 0 aromatic heterocycles. The number of alkyl halides is 2. The molecular weight excluding hydrogens is 512 g/mol. The number of hydrogen-bond acceptors (Lipinski definition) is 3. The van der Waals surface area contributed by atoms with Gasteiger partial charge in [-0.25, -0.2) is 13.2 Å². The van der Waals surface area contributed by atoms with Crippen LogP contribution in [0, 0.1) is 11.2 Å². The van der Waals surface area contributed by atoms with Gasteiger partial charge in [-0.2, -0.15) is 0 Å². The van der Waals surface area contributed by atoms with Gasteiger partial charge >= 0.3 is 0 Å². The van der Waals surface area contributed by atoms with Gasteiger partial charge in [0, 0.05) is 28.0 Å².